The Hall–Kier alpha value is -2.81. The molecule has 27 heavy (non-hydrogen) atoms. The third-order valence-corrected chi connectivity index (χ3v) is 4.33. The van der Waals surface area contributed by atoms with Gasteiger partial charge in [-0.1, -0.05) is 25.1 Å². The quantitative estimate of drug-likeness (QED) is 0.731. The number of pyridine rings is 1. The smallest absolute Gasteiger partial charge is 0.237 e. The molecule has 144 valence electrons. The third-order valence-electron chi connectivity index (χ3n) is 4.33. The van der Waals surface area contributed by atoms with Gasteiger partial charge in [0.25, 0.3) is 0 Å². The second kappa shape index (κ2) is 8.72. The van der Waals surface area contributed by atoms with Gasteiger partial charge in [-0.2, -0.15) is 4.98 Å². The van der Waals surface area contributed by atoms with Gasteiger partial charge in [-0.3, -0.25) is 19.5 Å². The lowest BCUT2D eigenvalue weighted by molar-refractivity contribution is -0.134. The van der Waals surface area contributed by atoms with Gasteiger partial charge < -0.3 is 15.2 Å². The molecular formula is C18H24N6O3. The zero-order chi connectivity index (χ0) is 19.2. The van der Waals surface area contributed by atoms with E-state index in [0.29, 0.717) is 31.3 Å². The van der Waals surface area contributed by atoms with E-state index in [2.05, 4.69) is 25.8 Å². The van der Waals surface area contributed by atoms with Crippen molar-refractivity contribution in [3.8, 4) is 0 Å². The van der Waals surface area contributed by atoms with Gasteiger partial charge in [0.15, 0.2) is 5.82 Å². The molecule has 9 heteroatoms. The van der Waals surface area contributed by atoms with E-state index in [-0.39, 0.29) is 30.7 Å². The molecule has 2 N–H and O–H groups in total. The Morgan fingerprint density at radius 1 is 1.44 bits per heavy atom. The van der Waals surface area contributed by atoms with Gasteiger partial charge in [0, 0.05) is 31.7 Å². The summed E-state index contributed by atoms with van der Waals surface area (Å²) < 4.78 is 5.12. The van der Waals surface area contributed by atoms with Crippen LogP contribution in [0.15, 0.2) is 28.9 Å². The number of nitrogens with zero attached hydrogens (tertiary/aromatic N) is 4. The lowest BCUT2D eigenvalue weighted by atomic mass is 10.1. The molecule has 1 aliphatic heterocycles. The molecule has 1 saturated heterocycles. The van der Waals surface area contributed by atoms with Crippen LogP contribution in [-0.2, 0) is 22.7 Å². The van der Waals surface area contributed by atoms with Crippen molar-refractivity contribution in [3.63, 3.8) is 0 Å². The van der Waals surface area contributed by atoms with E-state index < -0.39 is 6.04 Å². The van der Waals surface area contributed by atoms with Gasteiger partial charge in [-0.25, -0.2) is 0 Å². The Kier molecular flexibility index (Phi) is 6.12. The minimum Gasteiger partial charge on any atom is -0.353 e. The topological polar surface area (TPSA) is 113 Å². The first-order valence-corrected chi connectivity index (χ1v) is 9.03. The second-order valence-corrected chi connectivity index (χ2v) is 6.78. The highest BCUT2D eigenvalue weighted by Gasteiger charge is 2.31. The van der Waals surface area contributed by atoms with Gasteiger partial charge in [0.1, 0.15) is 0 Å². The maximum atomic E-state index is 12.3. The summed E-state index contributed by atoms with van der Waals surface area (Å²) in [6.07, 6.45) is 1.78. The number of nitrogens with one attached hydrogen (secondary N) is 2. The molecule has 2 amide bonds. The van der Waals surface area contributed by atoms with Crippen molar-refractivity contribution in [1.29, 1.82) is 0 Å². The van der Waals surface area contributed by atoms with Crippen LogP contribution >= 0.6 is 0 Å². The number of carbonyl (C=O) groups is 2. The first kappa shape index (κ1) is 19.0. The predicted octanol–water partition coefficient (Wildman–Crippen LogP) is 0.595. The Morgan fingerprint density at radius 2 is 2.30 bits per heavy atom. The van der Waals surface area contributed by atoms with Gasteiger partial charge >= 0.3 is 0 Å². The lowest BCUT2D eigenvalue weighted by Gasteiger charge is -2.34. The number of amides is 2. The normalized spacial score (nSPS) is 17.7. The van der Waals surface area contributed by atoms with E-state index in [0.717, 1.165) is 5.69 Å². The molecule has 1 atom stereocenters. The van der Waals surface area contributed by atoms with Crippen LogP contribution in [0, 0.1) is 0 Å². The molecule has 9 nitrogen and oxygen atoms in total. The minimum atomic E-state index is -0.530. The van der Waals surface area contributed by atoms with E-state index in [1.807, 2.05) is 36.9 Å². The predicted molar refractivity (Wildman–Crippen MR) is 96.3 cm³/mol. The fraction of sp³-hybridized carbons (Fsp3) is 0.500. The van der Waals surface area contributed by atoms with Gasteiger partial charge in [0.2, 0.25) is 17.7 Å². The molecule has 1 fully saturated rings. The van der Waals surface area contributed by atoms with Crippen LogP contribution in [0.3, 0.4) is 0 Å². The van der Waals surface area contributed by atoms with Crippen molar-refractivity contribution >= 4 is 11.8 Å². The van der Waals surface area contributed by atoms with Crippen LogP contribution < -0.4 is 10.6 Å². The van der Waals surface area contributed by atoms with Gasteiger partial charge in [-0.15, -0.1) is 0 Å². The summed E-state index contributed by atoms with van der Waals surface area (Å²) in [6.45, 7) is 5.83. The fourth-order valence-corrected chi connectivity index (χ4v) is 2.87. The van der Waals surface area contributed by atoms with Crippen LogP contribution in [0.2, 0.25) is 0 Å². The molecule has 2 aromatic rings. The zero-order valence-corrected chi connectivity index (χ0v) is 15.5. The molecule has 2 aromatic heterocycles. The first-order chi connectivity index (χ1) is 13.0. The van der Waals surface area contributed by atoms with Crippen molar-refractivity contribution in [2.75, 3.05) is 13.1 Å². The summed E-state index contributed by atoms with van der Waals surface area (Å²) in [6, 6.07) is 5.13. The second-order valence-electron chi connectivity index (χ2n) is 6.78. The van der Waals surface area contributed by atoms with E-state index in [9.17, 15) is 9.59 Å². The molecule has 3 rings (SSSR count). The number of hydrogen-bond donors (Lipinski definition) is 2. The number of hydrogen-bond acceptors (Lipinski definition) is 7. The first-order valence-electron chi connectivity index (χ1n) is 9.03. The molecule has 0 aliphatic carbocycles. The highest BCUT2D eigenvalue weighted by Crippen LogP contribution is 2.13. The van der Waals surface area contributed by atoms with E-state index in [1.54, 1.807) is 6.20 Å². The summed E-state index contributed by atoms with van der Waals surface area (Å²) in [7, 11) is 0. The largest absolute Gasteiger partial charge is 0.353 e. The van der Waals surface area contributed by atoms with Gasteiger partial charge in [-0.05, 0) is 12.1 Å². The highest BCUT2D eigenvalue weighted by atomic mass is 16.5. The third kappa shape index (κ3) is 5.10. The van der Waals surface area contributed by atoms with Crippen molar-refractivity contribution in [1.82, 2.24) is 30.7 Å². The van der Waals surface area contributed by atoms with Crippen LogP contribution in [-0.4, -0.2) is 51.0 Å². The monoisotopic (exact) mass is 372 g/mol. The maximum Gasteiger partial charge on any atom is 0.237 e. The average molecular weight is 372 g/mol. The maximum absolute atomic E-state index is 12.3. The van der Waals surface area contributed by atoms with E-state index in [4.69, 9.17) is 4.52 Å². The minimum absolute atomic E-state index is 0.0631. The van der Waals surface area contributed by atoms with Crippen LogP contribution in [0.5, 0.6) is 0 Å². The Bertz CT molecular complexity index is 776. The summed E-state index contributed by atoms with van der Waals surface area (Å²) in [5, 5.41) is 9.42. The summed E-state index contributed by atoms with van der Waals surface area (Å²) in [5.74, 6) is 0.707. The molecule has 3 heterocycles. The molecule has 0 aromatic carbocycles. The molecule has 0 spiro atoms. The SMILES string of the molecule is CC(C)c1nc(CNC(=O)CC2C(=O)NCCN2Cc2ccccn2)no1. The molecule has 1 unspecified atom stereocenters. The van der Waals surface area contributed by atoms with Crippen LogP contribution in [0.1, 0.15) is 43.6 Å². The van der Waals surface area contributed by atoms with Gasteiger partial charge in [0.05, 0.1) is 24.7 Å². The Labute approximate surface area is 157 Å². The summed E-state index contributed by atoms with van der Waals surface area (Å²) in [5.41, 5.74) is 0.866. The van der Waals surface area contributed by atoms with Crippen molar-refractivity contribution < 1.29 is 14.1 Å². The van der Waals surface area contributed by atoms with Crippen molar-refractivity contribution in [2.45, 2.75) is 45.3 Å². The Morgan fingerprint density at radius 3 is 3.00 bits per heavy atom. The molecule has 0 bridgehead atoms. The highest BCUT2D eigenvalue weighted by molar-refractivity contribution is 5.88. The number of aromatic nitrogens is 3. The number of carbonyl (C=O) groups excluding carboxylic acids is 2. The molecule has 0 saturated carbocycles. The fourth-order valence-electron chi connectivity index (χ4n) is 2.87. The Balaban J connectivity index is 1.56. The number of rotatable bonds is 7. The molecule has 1 aliphatic rings. The van der Waals surface area contributed by atoms with E-state index in [1.165, 1.54) is 0 Å². The average Bonchev–Trinajstić information content (AvgIpc) is 3.13. The molecule has 0 radical (unpaired) electrons. The van der Waals surface area contributed by atoms with Crippen LogP contribution in [0.25, 0.3) is 0 Å². The molecular weight excluding hydrogens is 348 g/mol. The zero-order valence-electron chi connectivity index (χ0n) is 15.5. The number of piperazine rings is 1. The summed E-state index contributed by atoms with van der Waals surface area (Å²) in [4.78, 5) is 35.1. The van der Waals surface area contributed by atoms with Crippen LogP contribution in [0.4, 0.5) is 0 Å². The van der Waals surface area contributed by atoms with E-state index >= 15 is 0 Å². The summed E-state index contributed by atoms with van der Waals surface area (Å²) >= 11 is 0. The van der Waals surface area contributed by atoms with Crippen molar-refractivity contribution in [2.24, 2.45) is 0 Å². The standard InChI is InChI=1S/C18H24N6O3/c1-12(2)18-22-15(23-27-18)10-21-16(25)9-14-17(26)20-7-8-24(14)11-13-5-3-4-6-19-13/h3-6,12,14H,7-11H2,1-2H3,(H,20,26)(H,21,25). The van der Waals surface area contributed by atoms with Crippen molar-refractivity contribution in [3.05, 3.63) is 41.8 Å². The lowest BCUT2D eigenvalue weighted by Crippen LogP contribution is -2.56.